The van der Waals surface area contributed by atoms with Crippen molar-refractivity contribution < 1.29 is 99.6 Å². The Morgan fingerprint density at radius 1 is 0.690 bits per heavy atom. The first-order chi connectivity index (χ1) is 47.4. The third kappa shape index (κ3) is 20.7. The Balaban J connectivity index is 1.17. The number of Topliss-reactive ketones (excluding diaryl/α,β-unsaturated/α-hetero) is 1. The highest BCUT2D eigenvalue weighted by Crippen LogP contribution is 2.41. The van der Waals surface area contributed by atoms with E-state index in [-0.39, 0.29) is 126 Å². The zero-order chi connectivity index (χ0) is 73.3. The second-order valence-electron chi connectivity index (χ2n) is 26.6. The Hall–Kier alpha value is -9.24. The second-order valence-corrected chi connectivity index (χ2v) is 31.4. The van der Waals surface area contributed by atoms with E-state index in [1.165, 1.54) is 65.5 Å². The molecular weight excluding hydrogens is 1310 g/mol. The Bertz CT molecular complexity index is 3690. The highest BCUT2D eigenvalue weighted by atomic mass is 28.4. The van der Waals surface area contributed by atoms with Gasteiger partial charge < -0.3 is 71.1 Å². The topological polar surface area (TPSA) is 287 Å². The number of hydrogen-bond donors (Lipinski definition) is 2. The summed E-state index contributed by atoms with van der Waals surface area (Å²) in [6.45, 7) is 32.4. The fourth-order valence-electron chi connectivity index (χ4n) is 11.4. The number of ether oxygens (including phenoxy) is 12. The highest BCUT2D eigenvalue weighted by molar-refractivity contribution is 6.74. The van der Waals surface area contributed by atoms with Crippen molar-refractivity contribution in [2.75, 3.05) is 71.5 Å². The zero-order valence-electron chi connectivity index (χ0n) is 59.9. The van der Waals surface area contributed by atoms with Crippen LogP contribution in [-0.4, -0.2) is 163 Å². The van der Waals surface area contributed by atoms with E-state index >= 15 is 0 Å². The summed E-state index contributed by atoms with van der Waals surface area (Å²) in [5, 5.41) is 5.42. The summed E-state index contributed by atoms with van der Waals surface area (Å²) in [7, 11) is 1.95. The minimum absolute atomic E-state index is 0.00197. The molecule has 3 aliphatic rings. The van der Waals surface area contributed by atoms with Gasteiger partial charge in [0.05, 0.1) is 61.0 Å². The molecule has 0 unspecified atom stereocenters. The highest BCUT2D eigenvalue weighted by Gasteiger charge is 2.48. The summed E-state index contributed by atoms with van der Waals surface area (Å²) in [6, 6.07) is 15.2. The second kappa shape index (κ2) is 35.2. The van der Waals surface area contributed by atoms with Crippen molar-refractivity contribution in [3.05, 3.63) is 137 Å². The van der Waals surface area contributed by atoms with Crippen LogP contribution >= 0.6 is 0 Å². The molecule has 3 heterocycles. The molecule has 0 aromatic heterocycles. The van der Waals surface area contributed by atoms with E-state index in [1.54, 1.807) is 67.0 Å². The van der Waals surface area contributed by atoms with Crippen LogP contribution in [0.25, 0.3) is 0 Å². The van der Waals surface area contributed by atoms with Crippen LogP contribution in [0, 0.1) is 12.8 Å². The fourth-order valence-corrected chi connectivity index (χ4v) is 12.5. The van der Waals surface area contributed by atoms with Gasteiger partial charge in [0, 0.05) is 71.2 Å². The van der Waals surface area contributed by atoms with Gasteiger partial charge in [-0.2, -0.15) is 0 Å². The first-order valence-corrected chi connectivity index (χ1v) is 36.1. The lowest BCUT2D eigenvalue weighted by Crippen LogP contribution is -2.57. The number of hydrogen-bond acceptors (Lipinski definition) is 21. The van der Waals surface area contributed by atoms with E-state index in [2.05, 4.69) is 64.2 Å². The number of benzene rings is 4. The van der Waals surface area contributed by atoms with E-state index in [9.17, 15) is 38.4 Å². The van der Waals surface area contributed by atoms with E-state index in [0.29, 0.717) is 66.8 Å². The summed E-state index contributed by atoms with van der Waals surface area (Å²) in [5.74, 6) is -2.67. The van der Waals surface area contributed by atoms with Crippen LogP contribution in [0.3, 0.4) is 0 Å². The van der Waals surface area contributed by atoms with Crippen molar-refractivity contribution in [2.24, 2.45) is 5.92 Å². The molecule has 3 fully saturated rings. The van der Waals surface area contributed by atoms with E-state index in [0.717, 1.165) is 11.1 Å². The lowest BCUT2D eigenvalue weighted by atomic mass is 9.91. The van der Waals surface area contributed by atoms with Crippen molar-refractivity contribution in [1.29, 1.82) is 0 Å². The van der Waals surface area contributed by atoms with Crippen LogP contribution in [-0.2, 0) is 71.8 Å². The number of likely N-dealkylation sites (tertiary alicyclic amines) is 2. The molecule has 7 rings (SSSR count). The van der Waals surface area contributed by atoms with Gasteiger partial charge in [0.25, 0.3) is 11.8 Å². The number of esters is 3. The number of carbonyl (C=O) groups excluding carboxylic acids is 8. The van der Waals surface area contributed by atoms with Gasteiger partial charge >= 0.3 is 30.1 Å². The average molecular weight is 1410 g/mol. The van der Waals surface area contributed by atoms with Gasteiger partial charge in [-0.3, -0.25) is 34.6 Å². The lowest BCUT2D eigenvalue weighted by Gasteiger charge is -2.43. The Morgan fingerprint density at radius 3 is 1.87 bits per heavy atom. The van der Waals surface area contributed by atoms with E-state index in [4.69, 9.17) is 61.3 Å². The summed E-state index contributed by atoms with van der Waals surface area (Å²) in [4.78, 5) is 111. The van der Waals surface area contributed by atoms with Gasteiger partial charge in [-0.1, -0.05) is 77.6 Å². The van der Waals surface area contributed by atoms with E-state index < -0.39 is 81.4 Å². The maximum absolute atomic E-state index is 14.7. The minimum atomic E-state index is -2.20. The number of rotatable bonds is 31. The van der Waals surface area contributed by atoms with E-state index in [1.807, 2.05) is 6.92 Å². The van der Waals surface area contributed by atoms with Crippen LogP contribution in [0.1, 0.15) is 141 Å². The number of amides is 4. The summed E-state index contributed by atoms with van der Waals surface area (Å²) >= 11 is 0. The molecule has 3 saturated heterocycles. The SMILES string of the molecule is C=CCOC(=O)Nc1cc(OCc2cc(COc3cc(NC(=O)OCc4ccc(O[C@@H]5O[C@H](C)[C@@H](C)[C@H](OC(C)=O)[C@H]5OC(C)=O)c(C(=O)CCCOC)c4)c(C(=O)N4CC(=C)C[C@H]4CC)cc3OC)cc(OCC(=O)OC)c2)c(C)cc1C(=O)N1CC(=C)C[C@H]1CO[Si](C)(C)C(C)(C)C. The molecule has 4 aromatic carbocycles. The third-order valence-corrected chi connectivity index (χ3v) is 22.5. The Labute approximate surface area is 586 Å². The molecule has 26 heteroatoms. The maximum atomic E-state index is 14.7. The van der Waals surface area contributed by atoms with Crippen molar-refractivity contribution in [3.63, 3.8) is 0 Å². The van der Waals surface area contributed by atoms with Gasteiger partial charge in [0.15, 0.2) is 32.2 Å². The number of nitrogens with zero attached hydrogens (tertiary/aromatic N) is 2. The monoisotopic (exact) mass is 1400 g/mol. The molecular formula is C74H96N4O21Si. The molecule has 4 aromatic rings. The smallest absolute Gasteiger partial charge is 0.411 e. The number of ketones is 1. The predicted octanol–water partition coefficient (Wildman–Crippen LogP) is 12.4. The molecule has 0 radical (unpaired) electrons. The normalized spacial score (nSPS) is 19.0. The Kier molecular flexibility index (Phi) is 27.5. The predicted molar refractivity (Wildman–Crippen MR) is 373 cm³/mol. The molecule has 3 aliphatic heterocycles. The van der Waals surface area contributed by atoms with Gasteiger partial charge in [-0.25, -0.2) is 14.4 Å². The van der Waals surface area contributed by atoms with Crippen LogP contribution in [0.15, 0.2) is 97.6 Å². The van der Waals surface area contributed by atoms with Crippen molar-refractivity contribution >= 4 is 67.4 Å². The molecule has 7 atom stereocenters. The molecule has 4 amide bonds. The van der Waals surface area contributed by atoms with Crippen LogP contribution < -0.4 is 34.3 Å². The molecule has 2 N–H and O–H groups in total. The number of nitrogens with one attached hydrogen (secondary N) is 2. The first-order valence-electron chi connectivity index (χ1n) is 33.2. The van der Waals surface area contributed by atoms with Gasteiger partial charge in [-0.05, 0) is 122 Å². The number of aryl methyl sites for hydroxylation is 1. The summed E-state index contributed by atoms with van der Waals surface area (Å²) < 4.78 is 76.3. The van der Waals surface area contributed by atoms with Crippen LogP contribution in [0.2, 0.25) is 18.1 Å². The summed E-state index contributed by atoms with van der Waals surface area (Å²) in [5.41, 5.74) is 4.14. The minimum Gasteiger partial charge on any atom is -0.493 e. The van der Waals surface area contributed by atoms with Crippen molar-refractivity contribution in [1.82, 2.24) is 9.80 Å². The first kappa shape index (κ1) is 78.1. The quantitative estimate of drug-likeness (QED) is 0.0118. The Morgan fingerprint density at radius 2 is 1.28 bits per heavy atom. The molecule has 542 valence electrons. The number of methoxy groups -OCH3 is 3. The fraction of sp³-hybridized carbons (Fsp3) is 0.486. The van der Waals surface area contributed by atoms with Crippen LogP contribution in [0.5, 0.6) is 28.7 Å². The maximum Gasteiger partial charge on any atom is 0.411 e. The lowest BCUT2D eigenvalue weighted by molar-refractivity contribution is -0.263. The molecule has 0 spiro atoms. The molecule has 25 nitrogen and oxygen atoms in total. The molecule has 100 heavy (non-hydrogen) atoms. The van der Waals surface area contributed by atoms with Crippen LogP contribution in [0.4, 0.5) is 21.0 Å². The van der Waals surface area contributed by atoms with Gasteiger partial charge in [0.2, 0.25) is 12.4 Å². The van der Waals surface area contributed by atoms with Gasteiger partial charge in [0.1, 0.15) is 49.8 Å². The molecule has 0 aliphatic carbocycles. The molecule has 0 saturated carbocycles. The van der Waals surface area contributed by atoms with Crippen molar-refractivity contribution in [2.45, 2.75) is 169 Å². The van der Waals surface area contributed by atoms with Crippen molar-refractivity contribution in [3.8, 4) is 28.7 Å². The average Bonchev–Trinajstić information content (AvgIpc) is 1.26. The van der Waals surface area contributed by atoms with Gasteiger partial charge in [-0.15, -0.1) is 0 Å². The number of carbonyl (C=O) groups is 8. The zero-order valence-corrected chi connectivity index (χ0v) is 60.9. The third-order valence-electron chi connectivity index (χ3n) is 18.0. The standard InChI is InChI=1S/C74H96N4O21Si/c1-18-24-90-72(85)75-59-34-63(45(5)28-56(59)69(83)78-37-44(4)27-54(78)41-95-100(16,17)74(10,11)12)92-39-51-29-52(31-55(30-51)91-42-66(82)89-15)40-93-65-35-60(57(33-64(65)88-14)70(84)77-36-43(3)26-53(77)19-2)76-73(86)94-38-50-22-23-62(58(32-50)61(81)21-20-25-87-13)99-71-68(98-49(9)80)67(97-48(8)79)46(6)47(7)96-71/h18,22-23,28-35,46-47,53-54,67-68,71H,1,3-4,19-21,24-27,36-42H2,2,5-17H3,(H,75,85)(H,76,86)/t46-,47-,53-,54+,67+,68-,71+/m1/s1. The number of anilines is 2. The molecule has 0 bridgehead atoms. The summed E-state index contributed by atoms with van der Waals surface area (Å²) in [6.07, 6.45) is -2.26. The largest absolute Gasteiger partial charge is 0.493 e.